The van der Waals surface area contributed by atoms with Crippen LogP contribution >= 0.6 is 23.4 Å². The van der Waals surface area contributed by atoms with Gasteiger partial charge in [-0.3, -0.25) is 4.72 Å². The zero-order valence-corrected chi connectivity index (χ0v) is 14.7. The predicted molar refractivity (Wildman–Crippen MR) is 91.5 cm³/mol. The van der Waals surface area contributed by atoms with E-state index in [-0.39, 0.29) is 0 Å². The molecule has 23 heavy (non-hydrogen) atoms. The lowest BCUT2D eigenvalue weighted by atomic mass is 10.3. The average Bonchev–Trinajstić information content (AvgIpc) is 3.06. The van der Waals surface area contributed by atoms with Crippen LogP contribution in [0.15, 0.2) is 34.8 Å². The predicted octanol–water partition coefficient (Wildman–Crippen LogP) is 2.23. The summed E-state index contributed by atoms with van der Waals surface area (Å²) in [6.45, 7) is 0. The summed E-state index contributed by atoms with van der Waals surface area (Å²) in [6, 6.07) is 4.76. The quantitative estimate of drug-likeness (QED) is 0.628. The molecule has 0 aliphatic carbocycles. The van der Waals surface area contributed by atoms with E-state index in [0.29, 0.717) is 22.4 Å². The fraction of sp³-hybridized carbons (Fsp3) is 0.308. The van der Waals surface area contributed by atoms with Crippen LogP contribution in [0.5, 0.6) is 11.5 Å². The molecule has 2 atom stereocenters. The first-order chi connectivity index (χ1) is 11.0. The van der Waals surface area contributed by atoms with E-state index in [9.17, 15) is 8.42 Å². The van der Waals surface area contributed by atoms with Crippen molar-refractivity contribution < 1.29 is 17.9 Å². The third-order valence-electron chi connectivity index (χ3n) is 3.32. The molecule has 0 amide bonds. The Morgan fingerprint density at radius 1 is 1.30 bits per heavy atom. The summed E-state index contributed by atoms with van der Waals surface area (Å²) in [6.07, 6.45) is 1.66. The molecule has 0 saturated heterocycles. The van der Waals surface area contributed by atoms with E-state index in [1.807, 2.05) is 0 Å². The van der Waals surface area contributed by atoms with Crippen molar-refractivity contribution in [2.75, 3.05) is 18.9 Å². The van der Waals surface area contributed by atoms with Crippen LogP contribution in [0.25, 0.3) is 0 Å². The van der Waals surface area contributed by atoms with Crippen molar-refractivity contribution in [1.29, 1.82) is 0 Å². The first kappa shape index (κ1) is 16.3. The van der Waals surface area contributed by atoms with Gasteiger partial charge in [0.1, 0.15) is 0 Å². The minimum atomic E-state index is -3.79. The van der Waals surface area contributed by atoms with Gasteiger partial charge in [-0.25, -0.2) is 13.4 Å². The standard InChI is InChI=1S/C13H14ClN3O4S2/c1-20-9-4-3-8(7-10(9)21-2)16-23(18,19)12-11(14)15-13-17(12)5-6-22-13/h3-7,11-12,16H,1-2H3. The second kappa shape index (κ2) is 6.14. The minimum Gasteiger partial charge on any atom is -0.493 e. The molecule has 0 aromatic heterocycles. The molecule has 2 aliphatic rings. The van der Waals surface area contributed by atoms with Gasteiger partial charge in [0.2, 0.25) is 0 Å². The molecule has 1 aromatic carbocycles. The van der Waals surface area contributed by atoms with Gasteiger partial charge in [-0.2, -0.15) is 0 Å². The molecule has 0 fully saturated rings. The normalized spacial score (nSPS) is 22.7. The second-order valence-corrected chi connectivity index (χ2v) is 7.80. The SMILES string of the molecule is COc1ccc(NS(=O)(=O)C2C(Cl)N=C3SC=CN32)cc1OC. The summed E-state index contributed by atoms with van der Waals surface area (Å²) in [5, 5.41) is 1.34. The molecule has 0 saturated carbocycles. The smallest absolute Gasteiger partial charge is 0.257 e. The topological polar surface area (TPSA) is 80.2 Å². The van der Waals surface area contributed by atoms with Crippen LogP contribution in [0.2, 0.25) is 0 Å². The molecule has 7 nitrogen and oxygen atoms in total. The number of ether oxygens (including phenoxy) is 2. The van der Waals surface area contributed by atoms with Crippen LogP contribution in [-0.2, 0) is 10.0 Å². The van der Waals surface area contributed by atoms with Gasteiger partial charge in [-0.1, -0.05) is 23.4 Å². The molecule has 0 radical (unpaired) electrons. The highest BCUT2D eigenvalue weighted by Crippen LogP contribution is 2.36. The number of anilines is 1. The molecular weight excluding hydrogens is 362 g/mol. The number of fused-ring (bicyclic) bond motifs is 1. The van der Waals surface area contributed by atoms with Gasteiger partial charge in [0.05, 0.1) is 19.9 Å². The molecule has 2 heterocycles. The van der Waals surface area contributed by atoms with Gasteiger partial charge in [0.25, 0.3) is 10.0 Å². The number of halogens is 1. The number of benzene rings is 1. The van der Waals surface area contributed by atoms with Crippen molar-refractivity contribution in [2.45, 2.75) is 10.9 Å². The van der Waals surface area contributed by atoms with E-state index < -0.39 is 20.9 Å². The highest BCUT2D eigenvalue weighted by Gasteiger charge is 2.45. The Morgan fingerprint density at radius 2 is 2.04 bits per heavy atom. The maximum atomic E-state index is 12.7. The largest absolute Gasteiger partial charge is 0.493 e. The van der Waals surface area contributed by atoms with E-state index in [1.54, 1.807) is 34.7 Å². The summed E-state index contributed by atoms with van der Waals surface area (Å²) in [7, 11) is -0.804. The fourth-order valence-corrected chi connectivity index (χ4v) is 5.23. The summed E-state index contributed by atoms with van der Waals surface area (Å²) in [5.41, 5.74) is -0.518. The van der Waals surface area contributed by atoms with Gasteiger partial charge in [0.15, 0.2) is 27.5 Å². The average molecular weight is 376 g/mol. The molecule has 0 bridgehead atoms. The Bertz CT molecular complexity index is 781. The van der Waals surface area contributed by atoms with E-state index in [4.69, 9.17) is 21.1 Å². The van der Waals surface area contributed by atoms with Gasteiger partial charge in [-0.15, -0.1) is 0 Å². The molecule has 10 heteroatoms. The molecule has 2 unspecified atom stereocenters. The first-order valence-corrected chi connectivity index (χ1v) is 9.39. The van der Waals surface area contributed by atoms with E-state index in [1.165, 1.54) is 26.0 Å². The summed E-state index contributed by atoms with van der Waals surface area (Å²) < 4.78 is 38.2. The lowest BCUT2D eigenvalue weighted by Gasteiger charge is -2.23. The van der Waals surface area contributed by atoms with Gasteiger partial charge in [-0.05, 0) is 17.5 Å². The number of hydrogen-bond donors (Lipinski definition) is 1. The van der Waals surface area contributed by atoms with Crippen LogP contribution in [0.4, 0.5) is 5.69 Å². The maximum absolute atomic E-state index is 12.7. The van der Waals surface area contributed by atoms with E-state index in [0.717, 1.165) is 0 Å². The zero-order chi connectivity index (χ0) is 16.6. The number of nitrogens with zero attached hydrogens (tertiary/aromatic N) is 2. The first-order valence-electron chi connectivity index (χ1n) is 6.53. The van der Waals surface area contributed by atoms with Gasteiger partial charge in [0, 0.05) is 12.3 Å². The van der Waals surface area contributed by atoms with Crippen molar-refractivity contribution in [2.24, 2.45) is 4.99 Å². The monoisotopic (exact) mass is 375 g/mol. The molecular formula is C13H14ClN3O4S2. The Balaban J connectivity index is 1.86. The number of aliphatic imine (C=N–C) groups is 1. The number of rotatable bonds is 5. The molecule has 1 N–H and O–H groups in total. The lowest BCUT2D eigenvalue weighted by molar-refractivity contribution is 0.355. The van der Waals surface area contributed by atoms with Gasteiger partial charge < -0.3 is 14.4 Å². The highest BCUT2D eigenvalue weighted by atomic mass is 35.5. The number of amidine groups is 1. The van der Waals surface area contributed by atoms with Crippen molar-refractivity contribution in [1.82, 2.24) is 4.90 Å². The molecule has 1 aromatic rings. The van der Waals surface area contributed by atoms with Crippen LogP contribution in [0.1, 0.15) is 0 Å². The Kier molecular flexibility index (Phi) is 4.35. The molecule has 124 valence electrons. The third-order valence-corrected chi connectivity index (χ3v) is 6.23. The summed E-state index contributed by atoms with van der Waals surface area (Å²) in [4.78, 5) is 5.69. The van der Waals surface area contributed by atoms with E-state index >= 15 is 0 Å². The second-order valence-electron chi connectivity index (χ2n) is 4.70. The van der Waals surface area contributed by atoms with Crippen LogP contribution < -0.4 is 14.2 Å². The number of nitrogens with one attached hydrogen (secondary N) is 1. The fourth-order valence-electron chi connectivity index (χ4n) is 2.30. The third kappa shape index (κ3) is 2.96. The van der Waals surface area contributed by atoms with Crippen molar-refractivity contribution >= 4 is 44.2 Å². The van der Waals surface area contributed by atoms with Crippen LogP contribution in [0, 0.1) is 0 Å². The van der Waals surface area contributed by atoms with Crippen LogP contribution in [0.3, 0.4) is 0 Å². The van der Waals surface area contributed by atoms with Gasteiger partial charge >= 0.3 is 0 Å². The molecule has 2 aliphatic heterocycles. The lowest BCUT2D eigenvalue weighted by Crippen LogP contribution is -2.42. The Morgan fingerprint density at radius 3 is 2.74 bits per heavy atom. The van der Waals surface area contributed by atoms with Crippen molar-refractivity contribution in [3.63, 3.8) is 0 Å². The summed E-state index contributed by atoms with van der Waals surface area (Å²) in [5.74, 6) is 0.936. The van der Waals surface area contributed by atoms with E-state index in [2.05, 4.69) is 9.71 Å². The summed E-state index contributed by atoms with van der Waals surface area (Å²) >= 11 is 7.43. The van der Waals surface area contributed by atoms with Crippen molar-refractivity contribution in [3.05, 3.63) is 29.8 Å². The Labute approximate surface area is 143 Å². The highest BCUT2D eigenvalue weighted by molar-refractivity contribution is 8.16. The minimum absolute atomic E-state index is 0.357. The van der Waals surface area contributed by atoms with Crippen LogP contribution in [-0.4, -0.2) is 43.6 Å². The number of thioether (sulfide) groups is 1. The molecule has 3 rings (SSSR count). The Hall–Kier alpha value is -1.58. The number of methoxy groups -OCH3 is 2. The molecule has 0 spiro atoms. The number of alkyl halides is 1. The number of hydrogen-bond acceptors (Lipinski definition) is 7. The maximum Gasteiger partial charge on any atom is 0.257 e. The van der Waals surface area contributed by atoms with Crippen molar-refractivity contribution in [3.8, 4) is 11.5 Å². The number of sulfonamides is 1. The zero-order valence-electron chi connectivity index (χ0n) is 12.3.